The van der Waals surface area contributed by atoms with Crippen LogP contribution in [0.5, 0.6) is 5.75 Å². The van der Waals surface area contributed by atoms with Crippen LogP contribution in [-0.4, -0.2) is 34.2 Å². The molecule has 1 N–H and O–H groups in total. The molecule has 6 heteroatoms. The number of rotatable bonds is 6. The molecule has 1 fully saturated rings. The zero-order valence-electron chi connectivity index (χ0n) is 15.4. The Bertz CT molecular complexity index is 900. The van der Waals surface area contributed by atoms with Gasteiger partial charge in [0.2, 0.25) is 0 Å². The highest BCUT2D eigenvalue weighted by atomic mass is 16.5. The molecule has 2 aromatic carbocycles. The second kappa shape index (κ2) is 7.23. The monoisotopic (exact) mass is 362 g/mol. The molecule has 1 heterocycles. The lowest BCUT2D eigenvalue weighted by molar-refractivity contribution is 0.0975. The first-order valence-electron chi connectivity index (χ1n) is 9.11. The normalized spacial score (nSPS) is 14.6. The van der Waals surface area contributed by atoms with Crippen LogP contribution in [0.4, 0.5) is 5.69 Å². The van der Waals surface area contributed by atoms with Crippen molar-refractivity contribution in [1.29, 1.82) is 0 Å². The Kier molecular flexibility index (Phi) is 4.62. The maximum Gasteiger partial charge on any atom is 0.258 e. The largest absolute Gasteiger partial charge is 0.497 e. The number of aromatic nitrogens is 3. The number of carbonyl (C=O) groups excluding carboxylic acids is 1. The molecule has 27 heavy (non-hydrogen) atoms. The van der Waals surface area contributed by atoms with Crippen LogP contribution in [0.2, 0.25) is 0 Å². The number of ether oxygens (including phenoxy) is 1. The van der Waals surface area contributed by atoms with Crippen molar-refractivity contribution < 1.29 is 9.53 Å². The van der Waals surface area contributed by atoms with Crippen LogP contribution in [0.15, 0.2) is 54.9 Å². The van der Waals surface area contributed by atoms with Crippen molar-refractivity contribution in [3.8, 4) is 17.1 Å². The fraction of sp³-hybridized carbons (Fsp3) is 0.286. The van der Waals surface area contributed by atoms with Crippen molar-refractivity contribution in [2.45, 2.75) is 25.8 Å². The number of anilines is 1. The van der Waals surface area contributed by atoms with Gasteiger partial charge in [0.05, 0.1) is 7.11 Å². The first-order valence-corrected chi connectivity index (χ1v) is 9.11. The zero-order valence-corrected chi connectivity index (χ0v) is 15.4. The number of hydrogen-bond donors (Lipinski definition) is 1. The standard InChI is InChI=1S/C21H22N4O2/c1-14(15-3-4-15)25(18-9-11-19(27-2)12-10-18)21(26)17-7-5-16(6-8-17)20-22-13-23-24-20/h5-15H,3-4H2,1-2H3,(H,22,23,24). The quantitative estimate of drug-likeness (QED) is 0.721. The first kappa shape index (κ1) is 17.3. The molecule has 0 aliphatic heterocycles. The summed E-state index contributed by atoms with van der Waals surface area (Å²) in [5.74, 6) is 2.03. The van der Waals surface area contributed by atoms with Gasteiger partial charge in [0.1, 0.15) is 12.1 Å². The summed E-state index contributed by atoms with van der Waals surface area (Å²) >= 11 is 0. The van der Waals surface area contributed by atoms with Crippen LogP contribution in [0.3, 0.4) is 0 Å². The third kappa shape index (κ3) is 3.56. The predicted molar refractivity (Wildman–Crippen MR) is 104 cm³/mol. The van der Waals surface area contributed by atoms with Gasteiger partial charge >= 0.3 is 0 Å². The molecule has 1 saturated carbocycles. The summed E-state index contributed by atoms with van der Waals surface area (Å²) in [5, 5.41) is 6.70. The Balaban J connectivity index is 1.63. The fourth-order valence-corrected chi connectivity index (χ4v) is 3.32. The highest BCUT2D eigenvalue weighted by molar-refractivity contribution is 6.06. The Hall–Kier alpha value is -3.15. The van der Waals surface area contributed by atoms with Crippen molar-refractivity contribution in [3.63, 3.8) is 0 Å². The number of H-pyrrole nitrogens is 1. The number of methoxy groups -OCH3 is 1. The molecule has 6 nitrogen and oxygen atoms in total. The van der Waals surface area contributed by atoms with Crippen molar-refractivity contribution in [2.75, 3.05) is 12.0 Å². The summed E-state index contributed by atoms with van der Waals surface area (Å²) in [4.78, 5) is 19.4. The predicted octanol–water partition coefficient (Wildman–Crippen LogP) is 3.93. The Morgan fingerprint density at radius 2 is 1.85 bits per heavy atom. The minimum absolute atomic E-state index is 0.00341. The molecular formula is C21H22N4O2. The van der Waals surface area contributed by atoms with Crippen molar-refractivity contribution in [3.05, 3.63) is 60.4 Å². The smallest absolute Gasteiger partial charge is 0.258 e. The summed E-state index contributed by atoms with van der Waals surface area (Å²) in [6.07, 6.45) is 3.81. The SMILES string of the molecule is COc1ccc(N(C(=O)c2ccc(-c3ncn[nH]3)cc2)C(C)C2CC2)cc1. The van der Waals surface area contributed by atoms with E-state index in [1.165, 1.54) is 19.2 Å². The van der Waals surface area contributed by atoms with E-state index in [0.29, 0.717) is 17.3 Å². The molecule has 4 rings (SSSR count). The number of benzene rings is 2. The molecule has 0 bridgehead atoms. The lowest BCUT2D eigenvalue weighted by atomic mass is 10.1. The van der Waals surface area contributed by atoms with Crippen LogP contribution in [0.1, 0.15) is 30.1 Å². The van der Waals surface area contributed by atoms with E-state index < -0.39 is 0 Å². The van der Waals surface area contributed by atoms with E-state index in [1.807, 2.05) is 53.4 Å². The van der Waals surface area contributed by atoms with Gasteiger partial charge in [-0.2, -0.15) is 5.10 Å². The van der Waals surface area contributed by atoms with Gasteiger partial charge in [0.15, 0.2) is 5.82 Å². The van der Waals surface area contributed by atoms with Crippen molar-refractivity contribution >= 4 is 11.6 Å². The first-order chi connectivity index (χ1) is 13.2. The van der Waals surface area contributed by atoms with E-state index in [-0.39, 0.29) is 11.9 Å². The van der Waals surface area contributed by atoms with Gasteiger partial charge in [0, 0.05) is 22.9 Å². The molecule has 0 spiro atoms. The summed E-state index contributed by atoms with van der Waals surface area (Å²) in [5.41, 5.74) is 2.44. The Morgan fingerprint density at radius 3 is 2.41 bits per heavy atom. The maximum atomic E-state index is 13.3. The van der Waals surface area contributed by atoms with Gasteiger partial charge in [-0.05, 0) is 62.1 Å². The number of hydrogen-bond acceptors (Lipinski definition) is 4. The van der Waals surface area contributed by atoms with Gasteiger partial charge in [-0.15, -0.1) is 0 Å². The molecular weight excluding hydrogens is 340 g/mol. The maximum absolute atomic E-state index is 13.3. The van der Waals surface area contributed by atoms with E-state index >= 15 is 0 Å². The van der Waals surface area contributed by atoms with Crippen LogP contribution < -0.4 is 9.64 Å². The molecule has 1 unspecified atom stereocenters. The highest BCUT2D eigenvalue weighted by Gasteiger charge is 2.35. The molecule has 3 aromatic rings. The van der Waals surface area contributed by atoms with E-state index in [2.05, 4.69) is 22.1 Å². The van der Waals surface area contributed by atoms with E-state index in [1.54, 1.807) is 7.11 Å². The van der Waals surface area contributed by atoms with Gasteiger partial charge in [-0.1, -0.05) is 12.1 Å². The van der Waals surface area contributed by atoms with Crippen LogP contribution in [0.25, 0.3) is 11.4 Å². The van der Waals surface area contributed by atoms with Gasteiger partial charge in [0.25, 0.3) is 5.91 Å². The topological polar surface area (TPSA) is 71.1 Å². The molecule has 1 aliphatic carbocycles. The molecule has 0 saturated heterocycles. The average Bonchev–Trinajstić information content (AvgIpc) is 3.43. The van der Waals surface area contributed by atoms with Gasteiger partial charge in [-0.3, -0.25) is 9.89 Å². The van der Waals surface area contributed by atoms with Crippen LogP contribution >= 0.6 is 0 Å². The third-order valence-corrected chi connectivity index (χ3v) is 5.10. The van der Waals surface area contributed by atoms with Crippen molar-refractivity contribution in [1.82, 2.24) is 15.2 Å². The molecule has 1 atom stereocenters. The summed E-state index contributed by atoms with van der Waals surface area (Å²) < 4.78 is 5.25. The Morgan fingerprint density at radius 1 is 1.15 bits per heavy atom. The minimum Gasteiger partial charge on any atom is -0.497 e. The van der Waals surface area contributed by atoms with Crippen molar-refractivity contribution in [2.24, 2.45) is 5.92 Å². The second-order valence-corrected chi connectivity index (χ2v) is 6.86. The van der Waals surface area contributed by atoms with E-state index in [9.17, 15) is 4.79 Å². The lowest BCUT2D eigenvalue weighted by Gasteiger charge is -2.30. The Labute approximate surface area is 158 Å². The summed E-state index contributed by atoms with van der Waals surface area (Å²) in [6.45, 7) is 2.13. The van der Waals surface area contributed by atoms with Gasteiger partial charge in [-0.25, -0.2) is 4.98 Å². The molecule has 1 aromatic heterocycles. The molecule has 1 aliphatic rings. The molecule has 138 valence electrons. The molecule has 1 amide bonds. The van der Waals surface area contributed by atoms with E-state index in [4.69, 9.17) is 4.74 Å². The second-order valence-electron chi connectivity index (χ2n) is 6.86. The summed E-state index contributed by atoms with van der Waals surface area (Å²) in [7, 11) is 1.64. The minimum atomic E-state index is 0.00341. The average molecular weight is 362 g/mol. The van der Waals surface area contributed by atoms with Crippen LogP contribution in [0, 0.1) is 5.92 Å². The number of nitrogens with one attached hydrogen (secondary N) is 1. The zero-order chi connectivity index (χ0) is 18.8. The number of aromatic amines is 1. The number of amides is 1. The van der Waals surface area contributed by atoms with E-state index in [0.717, 1.165) is 17.0 Å². The van der Waals surface area contributed by atoms with Gasteiger partial charge < -0.3 is 9.64 Å². The lowest BCUT2D eigenvalue weighted by Crippen LogP contribution is -2.40. The molecule has 0 radical (unpaired) electrons. The number of nitrogens with zero attached hydrogens (tertiary/aromatic N) is 3. The number of carbonyl (C=O) groups is 1. The van der Waals surface area contributed by atoms with Crippen LogP contribution in [-0.2, 0) is 0 Å². The fourth-order valence-electron chi connectivity index (χ4n) is 3.32. The summed E-state index contributed by atoms with van der Waals surface area (Å²) in [6, 6.07) is 15.3. The third-order valence-electron chi connectivity index (χ3n) is 5.10. The highest BCUT2D eigenvalue weighted by Crippen LogP contribution is 2.38.